The summed E-state index contributed by atoms with van der Waals surface area (Å²) in [5.74, 6) is -2.33. The first kappa shape index (κ1) is 13.6. The Bertz CT molecular complexity index is 646. The van der Waals surface area contributed by atoms with Crippen LogP contribution in [0.1, 0.15) is 0 Å². The van der Waals surface area contributed by atoms with Gasteiger partial charge in [0.2, 0.25) is 5.95 Å². The third kappa shape index (κ3) is 2.94. The molecule has 0 saturated carbocycles. The van der Waals surface area contributed by atoms with Crippen molar-refractivity contribution < 1.29 is 18.4 Å². The number of ether oxygens (including phenoxy) is 1. The first-order valence-corrected chi connectivity index (χ1v) is 5.32. The smallest absolute Gasteiger partial charge is 0.349 e. The van der Waals surface area contributed by atoms with Crippen LogP contribution in [-0.2, 0) is 0 Å². The minimum absolute atomic E-state index is 0.0717. The Hall–Kier alpha value is -2.84. The van der Waals surface area contributed by atoms with Crippen LogP contribution < -0.4 is 10.1 Å². The van der Waals surface area contributed by atoms with Crippen molar-refractivity contribution in [2.45, 2.75) is 0 Å². The van der Waals surface area contributed by atoms with E-state index in [1.54, 1.807) is 0 Å². The highest BCUT2D eigenvalue weighted by molar-refractivity contribution is 5.45. The van der Waals surface area contributed by atoms with Gasteiger partial charge >= 0.3 is 11.6 Å². The van der Waals surface area contributed by atoms with Crippen molar-refractivity contribution in [3.8, 4) is 11.6 Å². The summed E-state index contributed by atoms with van der Waals surface area (Å²) in [6.45, 7) is 0. The van der Waals surface area contributed by atoms with Gasteiger partial charge in [0.1, 0.15) is 23.6 Å². The third-order valence-corrected chi connectivity index (χ3v) is 2.21. The molecule has 0 saturated heterocycles. The van der Waals surface area contributed by atoms with Crippen molar-refractivity contribution in [1.82, 2.24) is 9.97 Å². The predicted molar refractivity (Wildman–Crippen MR) is 64.7 cm³/mol. The standard InChI is InChI=1S/C11H8F2N4O3/c1-14-11-15-5-9(17(18)19)10(16-11)20-8-3-6(12)2-7(13)4-8/h2-5H,1H3,(H,14,15,16). The summed E-state index contributed by atoms with van der Waals surface area (Å²) in [5, 5.41) is 13.4. The van der Waals surface area contributed by atoms with Gasteiger partial charge in [-0.1, -0.05) is 0 Å². The van der Waals surface area contributed by atoms with Crippen LogP contribution in [0.2, 0.25) is 0 Å². The maximum Gasteiger partial charge on any atom is 0.349 e. The number of nitrogens with zero attached hydrogens (tertiary/aromatic N) is 3. The molecule has 0 aliphatic carbocycles. The van der Waals surface area contributed by atoms with E-state index in [-0.39, 0.29) is 11.7 Å². The van der Waals surface area contributed by atoms with Crippen molar-refractivity contribution in [2.24, 2.45) is 0 Å². The van der Waals surface area contributed by atoms with Gasteiger partial charge in [0, 0.05) is 25.2 Å². The maximum absolute atomic E-state index is 13.0. The van der Waals surface area contributed by atoms with Gasteiger partial charge in [-0.2, -0.15) is 4.98 Å². The normalized spacial score (nSPS) is 10.2. The second-order valence-electron chi connectivity index (χ2n) is 3.60. The van der Waals surface area contributed by atoms with E-state index in [0.29, 0.717) is 6.07 Å². The summed E-state index contributed by atoms with van der Waals surface area (Å²) in [6, 6.07) is 2.42. The molecule has 0 aliphatic heterocycles. The minimum atomic E-state index is -0.870. The van der Waals surface area contributed by atoms with Crippen molar-refractivity contribution in [2.75, 3.05) is 12.4 Å². The summed E-state index contributed by atoms with van der Waals surface area (Å²) in [6.07, 6.45) is 0.934. The van der Waals surface area contributed by atoms with E-state index in [1.165, 1.54) is 7.05 Å². The Morgan fingerprint density at radius 1 is 1.30 bits per heavy atom. The molecule has 0 unspecified atom stereocenters. The lowest BCUT2D eigenvalue weighted by Crippen LogP contribution is -2.02. The first-order chi connectivity index (χ1) is 9.49. The fourth-order valence-corrected chi connectivity index (χ4v) is 1.38. The number of nitrogens with one attached hydrogen (secondary N) is 1. The van der Waals surface area contributed by atoms with E-state index < -0.39 is 28.1 Å². The molecule has 20 heavy (non-hydrogen) atoms. The molecule has 0 aliphatic rings. The summed E-state index contributed by atoms with van der Waals surface area (Å²) in [5.41, 5.74) is -0.520. The molecule has 0 fully saturated rings. The number of halogens is 2. The van der Waals surface area contributed by atoms with Gasteiger partial charge in [0.05, 0.1) is 4.92 Å². The maximum atomic E-state index is 13.0. The summed E-state index contributed by atoms with van der Waals surface area (Å²) in [7, 11) is 1.51. The molecule has 0 spiro atoms. The highest BCUT2D eigenvalue weighted by Gasteiger charge is 2.20. The molecule has 2 aromatic rings. The Morgan fingerprint density at radius 2 is 1.95 bits per heavy atom. The van der Waals surface area contributed by atoms with Crippen LogP contribution in [0.4, 0.5) is 20.4 Å². The highest BCUT2D eigenvalue weighted by Crippen LogP contribution is 2.30. The number of benzene rings is 1. The molecule has 0 radical (unpaired) electrons. The minimum Gasteiger partial charge on any atom is -0.433 e. The van der Waals surface area contributed by atoms with Gasteiger partial charge in [-0.05, 0) is 0 Å². The lowest BCUT2D eigenvalue weighted by molar-refractivity contribution is -0.386. The lowest BCUT2D eigenvalue weighted by atomic mass is 10.3. The molecular formula is C11H8F2N4O3. The van der Waals surface area contributed by atoms with Gasteiger partial charge < -0.3 is 10.1 Å². The van der Waals surface area contributed by atoms with Crippen LogP contribution in [0, 0.1) is 21.7 Å². The molecule has 0 amide bonds. The number of aromatic nitrogens is 2. The van der Waals surface area contributed by atoms with E-state index >= 15 is 0 Å². The molecule has 1 heterocycles. The van der Waals surface area contributed by atoms with Crippen molar-refractivity contribution in [3.63, 3.8) is 0 Å². The molecule has 0 bridgehead atoms. The summed E-state index contributed by atoms with van der Waals surface area (Å²) in [4.78, 5) is 17.5. The molecule has 9 heteroatoms. The molecule has 104 valence electrons. The Kier molecular flexibility index (Phi) is 3.69. The monoisotopic (exact) mass is 282 g/mol. The SMILES string of the molecule is CNc1ncc([N+](=O)[O-])c(Oc2cc(F)cc(F)c2)n1. The van der Waals surface area contributed by atoms with Crippen molar-refractivity contribution in [3.05, 3.63) is 46.1 Å². The largest absolute Gasteiger partial charge is 0.433 e. The van der Waals surface area contributed by atoms with Crippen LogP contribution in [0.3, 0.4) is 0 Å². The number of nitro groups is 1. The van der Waals surface area contributed by atoms with E-state index in [9.17, 15) is 18.9 Å². The van der Waals surface area contributed by atoms with E-state index in [2.05, 4.69) is 15.3 Å². The highest BCUT2D eigenvalue weighted by atomic mass is 19.1. The van der Waals surface area contributed by atoms with Crippen molar-refractivity contribution >= 4 is 11.6 Å². The summed E-state index contributed by atoms with van der Waals surface area (Å²) < 4.78 is 31.1. The molecular weight excluding hydrogens is 274 g/mol. The zero-order chi connectivity index (χ0) is 14.7. The fraction of sp³-hybridized carbons (Fsp3) is 0.0909. The second-order valence-corrected chi connectivity index (χ2v) is 3.60. The number of anilines is 1. The topological polar surface area (TPSA) is 90.2 Å². The Morgan fingerprint density at radius 3 is 2.50 bits per heavy atom. The predicted octanol–water partition coefficient (Wildman–Crippen LogP) is 2.50. The Labute approximate surface area is 111 Å². The van der Waals surface area contributed by atoms with Crippen LogP contribution in [-0.4, -0.2) is 21.9 Å². The van der Waals surface area contributed by atoms with Crippen LogP contribution >= 0.6 is 0 Å². The average molecular weight is 282 g/mol. The molecule has 2 rings (SSSR count). The van der Waals surface area contributed by atoms with Crippen molar-refractivity contribution in [1.29, 1.82) is 0 Å². The lowest BCUT2D eigenvalue weighted by Gasteiger charge is -2.06. The quantitative estimate of drug-likeness (QED) is 0.684. The number of rotatable bonds is 4. The van der Waals surface area contributed by atoms with Gasteiger partial charge in [-0.25, -0.2) is 13.8 Å². The average Bonchev–Trinajstić information content (AvgIpc) is 2.37. The fourth-order valence-electron chi connectivity index (χ4n) is 1.38. The third-order valence-electron chi connectivity index (χ3n) is 2.21. The first-order valence-electron chi connectivity index (χ1n) is 5.32. The van der Waals surface area contributed by atoms with E-state index in [4.69, 9.17) is 4.74 Å². The number of hydrogen-bond acceptors (Lipinski definition) is 6. The van der Waals surface area contributed by atoms with E-state index in [0.717, 1.165) is 18.3 Å². The second kappa shape index (κ2) is 5.43. The zero-order valence-electron chi connectivity index (χ0n) is 10.1. The molecule has 7 nitrogen and oxygen atoms in total. The van der Waals surface area contributed by atoms with Crippen LogP contribution in [0.15, 0.2) is 24.4 Å². The molecule has 1 aromatic carbocycles. The van der Waals surface area contributed by atoms with Crippen LogP contribution in [0.5, 0.6) is 11.6 Å². The zero-order valence-corrected chi connectivity index (χ0v) is 10.1. The van der Waals surface area contributed by atoms with Crippen LogP contribution in [0.25, 0.3) is 0 Å². The number of hydrogen-bond donors (Lipinski definition) is 1. The molecule has 0 atom stereocenters. The Balaban J connectivity index is 2.42. The van der Waals surface area contributed by atoms with Gasteiger partial charge in [0.15, 0.2) is 0 Å². The van der Waals surface area contributed by atoms with E-state index in [1.807, 2.05) is 0 Å². The van der Waals surface area contributed by atoms with Gasteiger partial charge in [0.25, 0.3) is 0 Å². The summed E-state index contributed by atoms with van der Waals surface area (Å²) >= 11 is 0. The molecule has 1 N–H and O–H groups in total. The van der Waals surface area contributed by atoms with Gasteiger partial charge in [-0.15, -0.1) is 0 Å². The van der Waals surface area contributed by atoms with Gasteiger partial charge in [-0.3, -0.25) is 10.1 Å². The molecule has 1 aromatic heterocycles.